The molecule has 17 heavy (non-hydrogen) atoms. The summed E-state index contributed by atoms with van der Waals surface area (Å²) in [5, 5.41) is 0. The Bertz CT molecular complexity index is 415. The van der Waals surface area contributed by atoms with Gasteiger partial charge in [0, 0.05) is 13.1 Å². The van der Waals surface area contributed by atoms with Crippen LogP contribution in [0.5, 0.6) is 0 Å². The van der Waals surface area contributed by atoms with Crippen molar-refractivity contribution in [1.82, 2.24) is 4.90 Å². The van der Waals surface area contributed by atoms with Gasteiger partial charge in [0.2, 0.25) is 0 Å². The van der Waals surface area contributed by atoms with Crippen LogP contribution in [0, 0.1) is 11.8 Å². The number of amides is 1. The first kappa shape index (κ1) is 10.8. The number of rotatable bonds is 2. The van der Waals surface area contributed by atoms with Crippen molar-refractivity contribution in [1.29, 1.82) is 0 Å². The van der Waals surface area contributed by atoms with Crippen molar-refractivity contribution < 1.29 is 9.21 Å². The van der Waals surface area contributed by atoms with E-state index < -0.39 is 0 Å². The molecule has 2 aliphatic rings. The fourth-order valence-corrected chi connectivity index (χ4v) is 3.18. The van der Waals surface area contributed by atoms with Gasteiger partial charge in [-0.25, -0.2) is 0 Å². The lowest BCUT2D eigenvalue weighted by Crippen LogP contribution is -2.29. The monoisotopic (exact) mass is 234 g/mol. The summed E-state index contributed by atoms with van der Waals surface area (Å²) in [6, 6.07) is 1.76. The summed E-state index contributed by atoms with van der Waals surface area (Å²) < 4.78 is 5.22. The highest BCUT2D eigenvalue weighted by molar-refractivity contribution is 5.94. The summed E-state index contributed by atoms with van der Waals surface area (Å²) in [4.78, 5) is 14.2. The van der Waals surface area contributed by atoms with Gasteiger partial charge in [0.1, 0.15) is 12.0 Å². The summed E-state index contributed by atoms with van der Waals surface area (Å²) in [6.45, 7) is 2.19. The average molecular weight is 234 g/mol. The number of furan rings is 1. The summed E-state index contributed by atoms with van der Waals surface area (Å²) >= 11 is 0. The van der Waals surface area contributed by atoms with Gasteiger partial charge in [-0.3, -0.25) is 4.79 Å². The molecule has 1 aliphatic carbocycles. The summed E-state index contributed by atoms with van der Waals surface area (Å²) in [7, 11) is 0. The van der Waals surface area contributed by atoms with Crippen LogP contribution in [0.4, 0.5) is 0 Å². The van der Waals surface area contributed by atoms with E-state index in [1.54, 1.807) is 6.07 Å². The van der Waals surface area contributed by atoms with Gasteiger partial charge >= 0.3 is 0 Å². The van der Waals surface area contributed by atoms with Crippen LogP contribution in [0.1, 0.15) is 35.4 Å². The van der Waals surface area contributed by atoms with E-state index in [9.17, 15) is 4.79 Å². The van der Waals surface area contributed by atoms with Crippen molar-refractivity contribution >= 4 is 5.91 Å². The van der Waals surface area contributed by atoms with Crippen LogP contribution in [0.2, 0.25) is 0 Å². The number of nitrogens with zero attached hydrogens (tertiary/aromatic N) is 1. The normalized spacial score (nSPS) is 27.5. The highest BCUT2D eigenvalue weighted by atomic mass is 16.3. The van der Waals surface area contributed by atoms with Gasteiger partial charge in [0.25, 0.3) is 5.91 Å². The minimum absolute atomic E-state index is 0.0999. The lowest BCUT2D eigenvalue weighted by atomic mass is 10.0. The summed E-state index contributed by atoms with van der Waals surface area (Å²) in [5.41, 5.74) is 6.12. The Morgan fingerprint density at radius 2 is 2.12 bits per heavy atom. The van der Waals surface area contributed by atoms with Crippen LogP contribution in [0.3, 0.4) is 0 Å². The Morgan fingerprint density at radius 3 is 2.71 bits per heavy atom. The van der Waals surface area contributed by atoms with Crippen molar-refractivity contribution in [3.05, 3.63) is 23.7 Å². The molecule has 1 saturated heterocycles. The second-order valence-electron chi connectivity index (χ2n) is 5.17. The highest BCUT2D eigenvalue weighted by Crippen LogP contribution is 2.38. The topological polar surface area (TPSA) is 59.5 Å². The van der Waals surface area contributed by atoms with E-state index in [4.69, 9.17) is 10.2 Å². The molecule has 0 aromatic carbocycles. The van der Waals surface area contributed by atoms with E-state index in [0.717, 1.165) is 24.9 Å². The Balaban J connectivity index is 1.70. The molecule has 3 rings (SSSR count). The van der Waals surface area contributed by atoms with Gasteiger partial charge in [-0.05, 0) is 30.7 Å². The van der Waals surface area contributed by atoms with E-state index in [1.165, 1.54) is 25.5 Å². The molecule has 1 aromatic heterocycles. The molecule has 0 spiro atoms. The fourth-order valence-electron chi connectivity index (χ4n) is 3.18. The molecule has 4 heteroatoms. The number of carbonyl (C=O) groups is 1. The first-order valence-corrected chi connectivity index (χ1v) is 6.34. The Kier molecular flexibility index (Phi) is 2.67. The van der Waals surface area contributed by atoms with Gasteiger partial charge in [-0.15, -0.1) is 0 Å². The lowest BCUT2D eigenvalue weighted by Gasteiger charge is -2.15. The predicted octanol–water partition coefficient (Wildman–Crippen LogP) is 1.61. The van der Waals surface area contributed by atoms with Crippen molar-refractivity contribution in [2.24, 2.45) is 17.6 Å². The van der Waals surface area contributed by atoms with Gasteiger partial charge in [-0.1, -0.05) is 6.42 Å². The van der Waals surface area contributed by atoms with Crippen LogP contribution < -0.4 is 5.73 Å². The maximum atomic E-state index is 12.2. The molecule has 2 fully saturated rings. The molecule has 92 valence electrons. The smallest absolute Gasteiger partial charge is 0.257 e. The van der Waals surface area contributed by atoms with Crippen LogP contribution in [0.25, 0.3) is 0 Å². The molecular weight excluding hydrogens is 216 g/mol. The number of hydrogen-bond donors (Lipinski definition) is 1. The second-order valence-corrected chi connectivity index (χ2v) is 5.17. The SMILES string of the molecule is NCc1cc(C(=O)N2CC3CCCC3C2)co1. The van der Waals surface area contributed by atoms with Crippen molar-refractivity contribution in [3.63, 3.8) is 0 Å². The standard InChI is InChI=1S/C13H18N2O2/c14-5-12-4-11(8-17-12)13(16)15-6-9-2-1-3-10(9)7-15/h4,8-10H,1-3,5-7,14H2. The van der Waals surface area contributed by atoms with Crippen LogP contribution in [0.15, 0.2) is 16.7 Å². The van der Waals surface area contributed by atoms with E-state index in [1.807, 2.05) is 4.90 Å². The summed E-state index contributed by atoms with van der Waals surface area (Å²) in [5.74, 6) is 2.25. The van der Waals surface area contributed by atoms with Gasteiger partial charge in [0.05, 0.1) is 12.1 Å². The average Bonchev–Trinajstić information content (AvgIpc) is 3.02. The van der Waals surface area contributed by atoms with Crippen LogP contribution in [-0.4, -0.2) is 23.9 Å². The molecule has 4 nitrogen and oxygen atoms in total. The van der Waals surface area contributed by atoms with E-state index in [2.05, 4.69) is 0 Å². The minimum atomic E-state index is 0.0999. The number of carbonyl (C=O) groups excluding carboxylic acids is 1. The molecule has 2 N–H and O–H groups in total. The zero-order chi connectivity index (χ0) is 11.8. The number of likely N-dealkylation sites (tertiary alicyclic amines) is 1. The highest BCUT2D eigenvalue weighted by Gasteiger charge is 2.38. The third-order valence-electron chi connectivity index (χ3n) is 4.12. The van der Waals surface area contributed by atoms with E-state index >= 15 is 0 Å². The molecule has 1 aromatic rings. The molecule has 0 radical (unpaired) electrons. The van der Waals surface area contributed by atoms with E-state index in [0.29, 0.717) is 17.9 Å². The molecule has 2 unspecified atom stereocenters. The quantitative estimate of drug-likeness (QED) is 0.845. The molecule has 1 aliphatic heterocycles. The van der Waals surface area contributed by atoms with Gasteiger partial charge in [-0.2, -0.15) is 0 Å². The zero-order valence-corrected chi connectivity index (χ0v) is 9.89. The molecule has 2 atom stereocenters. The lowest BCUT2D eigenvalue weighted by molar-refractivity contribution is 0.0780. The van der Waals surface area contributed by atoms with E-state index in [-0.39, 0.29) is 5.91 Å². The third kappa shape index (κ3) is 1.86. The predicted molar refractivity (Wildman–Crippen MR) is 63.3 cm³/mol. The number of fused-ring (bicyclic) bond motifs is 1. The van der Waals surface area contributed by atoms with Gasteiger partial charge in [0.15, 0.2) is 0 Å². The minimum Gasteiger partial charge on any atom is -0.467 e. The first-order chi connectivity index (χ1) is 8.28. The Labute approximate surface area is 101 Å². The van der Waals surface area contributed by atoms with Gasteiger partial charge < -0.3 is 15.1 Å². The summed E-state index contributed by atoms with van der Waals surface area (Å²) in [6.07, 6.45) is 5.43. The number of nitrogens with two attached hydrogens (primary N) is 1. The number of hydrogen-bond acceptors (Lipinski definition) is 3. The molecule has 2 heterocycles. The Hall–Kier alpha value is -1.29. The van der Waals surface area contributed by atoms with Crippen molar-refractivity contribution in [2.45, 2.75) is 25.8 Å². The van der Waals surface area contributed by atoms with Crippen molar-refractivity contribution in [2.75, 3.05) is 13.1 Å². The Morgan fingerprint density at radius 1 is 1.41 bits per heavy atom. The zero-order valence-electron chi connectivity index (χ0n) is 9.89. The maximum absolute atomic E-state index is 12.2. The molecule has 0 bridgehead atoms. The molecule has 1 saturated carbocycles. The second kappa shape index (κ2) is 4.18. The largest absolute Gasteiger partial charge is 0.467 e. The first-order valence-electron chi connectivity index (χ1n) is 6.34. The van der Waals surface area contributed by atoms with Crippen molar-refractivity contribution in [3.8, 4) is 0 Å². The molecule has 1 amide bonds. The molecular formula is C13H18N2O2. The van der Waals surface area contributed by atoms with Crippen LogP contribution >= 0.6 is 0 Å². The van der Waals surface area contributed by atoms with Crippen LogP contribution in [-0.2, 0) is 6.54 Å². The third-order valence-corrected chi connectivity index (χ3v) is 4.12. The maximum Gasteiger partial charge on any atom is 0.257 e. The fraction of sp³-hybridized carbons (Fsp3) is 0.615.